The van der Waals surface area contributed by atoms with Gasteiger partial charge >= 0.3 is 0 Å². The Bertz CT molecular complexity index is 817. The van der Waals surface area contributed by atoms with Crippen LogP contribution in [0.15, 0.2) is 18.2 Å². The van der Waals surface area contributed by atoms with E-state index in [1.54, 1.807) is 18.2 Å². The average Bonchev–Trinajstić information content (AvgIpc) is 3.36. The maximum atomic E-state index is 12.0. The highest BCUT2D eigenvalue weighted by atomic mass is 35.5. The number of aromatic nitrogens is 3. The maximum absolute atomic E-state index is 12.0. The molecule has 0 aliphatic heterocycles. The second-order valence-electron chi connectivity index (χ2n) is 5.83. The molecule has 0 unspecified atom stereocenters. The normalized spacial score (nSPS) is 13.7. The second-order valence-corrected chi connectivity index (χ2v) is 7.00. The van der Waals surface area contributed by atoms with Crippen LogP contribution in [0.3, 0.4) is 0 Å². The Hall–Kier alpha value is -1.57. The standard InChI is InChI=1S/C16H18Cl2N4O2S/c17-11-3-1-4-12(15(11)18)24-8-2-5-14(23)19-9-13-20-21-16(25)22(13)10-6-7-10/h1,3-4,10H,2,5-9H2,(H,19,23)(H,21,25). The first kappa shape index (κ1) is 18.2. The Kier molecular flexibility index (Phi) is 5.98. The molecule has 6 nitrogen and oxygen atoms in total. The van der Waals surface area contributed by atoms with E-state index >= 15 is 0 Å². The van der Waals surface area contributed by atoms with E-state index in [4.69, 9.17) is 40.2 Å². The van der Waals surface area contributed by atoms with Crippen LogP contribution in [0.1, 0.15) is 37.5 Å². The summed E-state index contributed by atoms with van der Waals surface area (Å²) in [5.41, 5.74) is 0. The molecule has 0 atom stereocenters. The Balaban J connectivity index is 1.40. The van der Waals surface area contributed by atoms with Gasteiger partial charge < -0.3 is 10.1 Å². The van der Waals surface area contributed by atoms with E-state index in [0.717, 1.165) is 18.7 Å². The lowest BCUT2D eigenvalue weighted by molar-refractivity contribution is -0.121. The van der Waals surface area contributed by atoms with Crippen LogP contribution in [0.2, 0.25) is 10.0 Å². The molecule has 1 aliphatic carbocycles. The SMILES string of the molecule is O=C(CCCOc1cccc(Cl)c1Cl)NCc1n[nH]c(=S)n1C1CC1. The molecule has 1 aliphatic rings. The van der Waals surface area contributed by atoms with Crippen molar-refractivity contribution in [2.75, 3.05) is 6.61 Å². The van der Waals surface area contributed by atoms with E-state index in [0.29, 0.717) is 52.6 Å². The van der Waals surface area contributed by atoms with Gasteiger partial charge in [-0.2, -0.15) is 5.10 Å². The molecule has 0 radical (unpaired) electrons. The third kappa shape index (κ3) is 4.74. The molecule has 1 heterocycles. The first-order valence-corrected chi connectivity index (χ1v) is 9.22. The number of H-pyrrole nitrogens is 1. The van der Waals surface area contributed by atoms with Gasteiger partial charge in [0.25, 0.3) is 0 Å². The van der Waals surface area contributed by atoms with Gasteiger partial charge in [0, 0.05) is 12.5 Å². The number of nitrogens with one attached hydrogen (secondary N) is 2. The second kappa shape index (κ2) is 8.21. The minimum Gasteiger partial charge on any atom is -0.492 e. The van der Waals surface area contributed by atoms with Crippen LogP contribution < -0.4 is 10.1 Å². The summed E-state index contributed by atoms with van der Waals surface area (Å²) >= 11 is 17.2. The Morgan fingerprint density at radius 1 is 1.44 bits per heavy atom. The van der Waals surface area contributed by atoms with E-state index in [-0.39, 0.29) is 5.91 Å². The summed E-state index contributed by atoms with van der Waals surface area (Å²) in [6, 6.07) is 5.63. The van der Waals surface area contributed by atoms with Gasteiger partial charge in [-0.05, 0) is 43.6 Å². The van der Waals surface area contributed by atoms with Crippen molar-refractivity contribution >= 4 is 41.3 Å². The zero-order chi connectivity index (χ0) is 17.8. The van der Waals surface area contributed by atoms with Crippen molar-refractivity contribution in [1.29, 1.82) is 0 Å². The molecule has 0 saturated heterocycles. The fourth-order valence-corrected chi connectivity index (χ4v) is 3.09. The number of nitrogens with zero attached hydrogens (tertiary/aromatic N) is 2. The van der Waals surface area contributed by atoms with Crippen LogP contribution >= 0.6 is 35.4 Å². The fourth-order valence-electron chi connectivity index (χ4n) is 2.45. The van der Waals surface area contributed by atoms with Gasteiger partial charge in [0.1, 0.15) is 10.8 Å². The number of hydrogen-bond acceptors (Lipinski definition) is 4. The van der Waals surface area contributed by atoms with Gasteiger partial charge in [0.05, 0.1) is 18.2 Å². The van der Waals surface area contributed by atoms with Crippen molar-refractivity contribution in [2.45, 2.75) is 38.3 Å². The van der Waals surface area contributed by atoms with Crippen LogP contribution in [0.25, 0.3) is 0 Å². The zero-order valence-electron chi connectivity index (χ0n) is 13.4. The van der Waals surface area contributed by atoms with Gasteiger partial charge in [-0.15, -0.1) is 0 Å². The fraction of sp³-hybridized carbons (Fsp3) is 0.438. The van der Waals surface area contributed by atoms with Crippen LogP contribution in [0.5, 0.6) is 5.75 Å². The van der Waals surface area contributed by atoms with Crippen LogP contribution in [0.4, 0.5) is 0 Å². The number of halogens is 2. The number of rotatable bonds is 8. The van der Waals surface area contributed by atoms with E-state index in [2.05, 4.69) is 15.5 Å². The lowest BCUT2D eigenvalue weighted by Gasteiger charge is -2.09. The van der Waals surface area contributed by atoms with Crippen LogP contribution in [0, 0.1) is 4.77 Å². The number of amides is 1. The number of benzene rings is 1. The number of carbonyl (C=O) groups excluding carboxylic acids is 1. The Morgan fingerprint density at radius 3 is 3.00 bits per heavy atom. The summed E-state index contributed by atoms with van der Waals surface area (Å²) < 4.78 is 8.16. The van der Waals surface area contributed by atoms with Gasteiger partial charge in [-0.25, -0.2) is 0 Å². The molecule has 25 heavy (non-hydrogen) atoms. The van der Waals surface area contributed by atoms with Crippen molar-refractivity contribution in [3.8, 4) is 5.75 Å². The zero-order valence-corrected chi connectivity index (χ0v) is 15.8. The smallest absolute Gasteiger partial charge is 0.220 e. The molecule has 1 aromatic heterocycles. The molecule has 1 aromatic carbocycles. The molecule has 9 heteroatoms. The summed E-state index contributed by atoms with van der Waals surface area (Å²) in [5, 5.41) is 10.7. The summed E-state index contributed by atoms with van der Waals surface area (Å²) in [7, 11) is 0. The van der Waals surface area contributed by atoms with E-state index < -0.39 is 0 Å². The first-order valence-electron chi connectivity index (χ1n) is 8.05. The molecule has 2 N–H and O–H groups in total. The number of ether oxygens (including phenoxy) is 1. The molecule has 3 rings (SSSR count). The third-order valence-electron chi connectivity index (χ3n) is 3.86. The summed E-state index contributed by atoms with van der Waals surface area (Å²) in [6.45, 7) is 0.748. The van der Waals surface area contributed by atoms with Gasteiger partial charge in [-0.3, -0.25) is 14.5 Å². The third-order valence-corrected chi connectivity index (χ3v) is 4.94. The van der Waals surface area contributed by atoms with Crippen LogP contribution in [-0.4, -0.2) is 27.3 Å². The summed E-state index contributed by atoms with van der Waals surface area (Å²) in [5.74, 6) is 1.23. The minimum atomic E-state index is -0.0583. The largest absolute Gasteiger partial charge is 0.492 e. The molecular weight excluding hydrogens is 383 g/mol. The number of hydrogen-bond donors (Lipinski definition) is 2. The van der Waals surface area contributed by atoms with Gasteiger partial charge in [0.15, 0.2) is 10.6 Å². The predicted octanol–water partition coefficient (Wildman–Crippen LogP) is 4.06. The van der Waals surface area contributed by atoms with E-state index in [1.807, 2.05) is 4.57 Å². The van der Waals surface area contributed by atoms with Crippen molar-refractivity contribution < 1.29 is 9.53 Å². The monoisotopic (exact) mass is 400 g/mol. The molecule has 1 fully saturated rings. The maximum Gasteiger partial charge on any atom is 0.220 e. The Morgan fingerprint density at radius 2 is 2.24 bits per heavy atom. The molecule has 1 amide bonds. The summed E-state index contributed by atoms with van der Waals surface area (Å²) in [6.07, 6.45) is 3.15. The lowest BCUT2D eigenvalue weighted by Crippen LogP contribution is -2.24. The quantitative estimate of drug-likeness (QED) is 0.517. The highest BCUT2D eigenvalue weighted by molar-refractivity contribution is 7.71. The topological polar surface area (TPSA) is 71.9 Å². The first-order chi connectivity index (χ1) is 12.1. The molecule has 0 bridgehead atoms. The molecular formula is C16H18Cl2N4O2S. The lowest BCUT2D eigenvalue weighted by atomic mass is 10.3. The molecule has 1 saturated carbocycles. The minimum absolute atomic E-state index is 0.0583. The summed E-state index contributed by atoms with van der Waals surface area (Å²) in [4.78, 5) is 12.0. The van der Waals surface area contributed by atoms with Crippen molar-refractivity contribution in [1.82, 2.24) is 20.1 Å². The Labute approximate surface area is 160 Å². The van der Waals surface area contributed by atoms with Crippen molar-refractivity contribution in [3.05, 3.63) is 38.8 Å². The molecule has 134 valence electrons. The van der Waals surface area contributed by atoms with Crippen molar-refractivity contribution in [2.24, 2.45) is 0 Å². The van der Waals surface area contributed by atoms with E-state index in [9.17, 15) is 4.79 Å². The van der Waals surface area contributed by atoms with E-state index in [1.165, 1.54) is 0 Å². The van der Waals surface area contributed by atoms with Gasteiger partial charge in [0.2, 0.25) is 5.91 Å². The molecule has 2 aromatic rings. The van der Waals surface area contributed by atoms with Crippen molar-refractivity contribution in [3.63, 3.8) is 0 Å². The molecule has 0 spiro atoms. The highest BCUT2D eigenvalue weighted by Crippen LogP contribution is 2.35. The van der Waals surface area contributed by atoms with Gasteiger partial charge in [-0.1, -0.05) is 29.3 Å². The highest BCUT2D eigenvalue weighted by Gasteiger charge is 2.27. The van der Waals surface area contributed by atoms with Crippen LogP contribution in [-0.2, 0) is 11.3 Å². The number of aromatic amines is 1. The average molecular weight is 401 g/mol. The predicted molar refractivity (Wildman–Crippen MR) is 98.7 cm³/mol. The number of carbonyl (C=O) groups is 1.